The molecule has 1 atom stereocenters. The first kappa shape index (κ1) is 9.79. The lowest BCUT2D eigenvalue weighted by atomic mass is 10.1. The molecule has 1 nitrogen and oxygen atoms in total. The molecule has 0 amide bonds. The minimum atomic E-state index is 0.698. The molecule has 1 rings (SSSR count). The summed E-state index contributed by atoms with van der Waals surface area (Å²) in [6, 6.07) is 0.734. The van der Waals surface area contributed by atoms with E-state index in [1.807, 2.05) is 0 Å². The molecular formula is C11H21N. The van der Waals surface area contributed by atoms with Crippen LogP contribution in [0.5, 0.6) is 0 Å². The first-order valence-electron chi connectivity index (χ1n) is 5.16. The fourth-order valence-electron chi connectivity index (χ4n) is 1.81. The molecule has 1 fully saturated rings. The highest BCUT2D eigenvalue weighted by molar-refractivity contribution is 4.98. The van der Waals surface area contributed by atoms with Gasteiger partial charge in [-0.3, -0.25) is 4.90 Å². The monoisotopic (exact) mass is 167 g/mol. The van der Waals surface area contributed by atoms with Crippen molar-refractivity contribution >= 4 is 0 Å². The zero-order chi connectivity index (χ0) is 8.97. The van der Waals surface area contributed by atoms with Crippen LogP contribution in [-0.4, -0.2) is 24.0 Å². The lowest BCUT2D eigenvalue weighted by Crippen LogP contribution is -2.27. The zero-order valence-electron chi connectivity index (χ0n) is 8.59. The summed E-state index contributed by atoms with van der Waals surface area (Å²) < 4.78 is 0. The molecule has 0 radical (unpaired) electrons. The highest BCUT2D eigenvalue weighted by atomic mass is 15.2. The Balaban J connectivity index is 2.40. The van der Waals surface area contributed by atoms with Crippen LogP contribution in [-0.2, 0) is 0 Å². The molecule has 1 saturated heterocycles. The number of hydrogen-bond acceptors (Lipinski definition) is 1. The second-order valence-corrected chi connectivity index (χ2v) is 3.97. The largest absolute Gasteiger partial charge is 0.297 e. The third-order valence-electron chi connectivity index (χ3n) is 2.54. The lowest BCUT2D eigenvalue weighted by Gasteiger charge is -2.19. The quantitative estimate of drug-likeness (QED) is 0.584. The lowest BCUT2D eigenvalue weighted by molar-refractivity contribution is 0.305. The Labute approximate surface area is 76.5 Å². The highest BCUT2D eigenvalue weighted by Gasteiger charge is 2.19. The number of likely N-dealkylation sites (tertiary alicyclic amines) is 1. The van der Waals surface area contributed by atoms with E-state index in [4.69, 9.17) is 0 Å². The summed E-state index contributed by atoms with van der Waals surface area (Å²) in [5.41, 5.74) is 0. The molecule has 0 aromatic rings. The number of allylic oxidation sites excluding steroid dienone is 1. The number of likely N-dealkylation sites (N-methyl/N-ethyl adjacent to an activating group) is 1. The van der Waals surface area contributed by atoms with E-state index in [-0.39, 0.29) is 0 Å². The van der Waals surface area contributed by atoms with Crippen molar-refractivity contribution in [3.63, 3.8) is 0 Å². The van der Waals surface area contributed by atoms with Crippen molar-refractivity contribution < 1.29 is 0 Å². The summed E-state index contributed by atoms with van der Waals surface area (Å²) in [6.45, 7) is 9.22. The fourth-order valence-corrected chi connectivity index (χ4v) is 1.81. The first-order valence-corrected chi connectivity index (χ1v) is 5.16. The normalized spacial score (nSPS) is 26.2. The maximum Gasteiger partial charge on any atom is 0.0278 e. The molecule has 1 heteroatoms. The van der Waals surface area contributed by atoms with E-state index in [0.717, 1.165) is 6.04 Å². The molecule has 12 heavy (non-hydrogen) atoms. The predicted octanol–water partition coefficient (Wildman–Crippen LogP) is 2.68. The van der Waals surface area contributed by atoms with Crippen molar-refractivity contribution in [1.29, 1.82) is 0 Å². The molecule has 0 saturated carbocycles. The molecule has 0 bridgehead atoms. The van der Waals surface area contributed by atoms with E-state index in [2.05, 4.69) is 37.8 Å². The summed E-state index contributed by atoms with van der Waals surface area (Å²) in [4.78, 5) is 2.55. The Morgan fingerprint density at radius 1 is 1.50 bits per heavy atom. The van der Waals surface area contributed by atoms with Crippen molar-refractivity contribution in [2.75, 3.05) is 13.1 Å². The molecule has 1 heterocycles. The average Bonchev–Trinajstić information content (AvgIpc) is 2.47. The summed E-state index contributed by atoms with van der Waals surface area (Å²) in [5.74, 6) is 0.698. The van der Waals surface area contributed by atoms with Crippen LogP contribution in [0.15, 0.2) is 12.2 Å². The van der Waals surface area contributed by atoms with Crippen LogP contribution in [0.1, 0.15) is 33.6 Å². The Morgan fingerprint density at radius 2 is 2.25 bits per heavy atom. The highest BCUT2D eigenvalue weighted by Crippen LogP contribution is 2.17. The predicted molar refractivity (Wildman–Crippen MR) is 54.2 cm³/mol. The molecule has 0 aromatic heterocycles. The van der Waals surface area contributed by atoms with E-state index in [9.17, 15) is 0 Å². The van der Waals surface area contributed by atoms with Crippen LogP contribution in [0.4, 0.5) is 0 Å². The van der Waals surface area contributed by atoms with E-state index in [1.54, 1.807) is 0 Å². The molecule has 70 valence electrons. The standard InChI is InChI=1S/C11H21N/c1-4-12-9-5-6-11(12)8-7-10(2)3/h7-8,10-11H,4-6,9H2,1-3H3/b8-7+. The van der Waals surface area contributed by atoms with Gasteiger partial charge in [0.1, 0.15) is 0 Å². The molecule has 0 aromatic carbocycles. The van der Waals surface area contributed by atoms with Crippen LogP contribution < -0.4 is 0 Å². The van der Waals surface area contributed by atoms with Crippen molar-refractivity contribution in [1.82, 2.24) is 4.90 Å². The van der Waals surface area contributed by atoms with Crippen LogP contribution in [0.25, 0.3) is 0 Å². The van der Waals surface area contributed by atoms with Crippen molar-refractivity contribution in [3.05, 3.63) is 12.2 Å². The Hall–Kier alpha value is -0.300. The Kier molecular flexibility index (Phi) is 3.80. The third kappa shape index (κ3) is 2.63. The van der Waals surface area contributed by atoms with Crippen LogP contribution in [0, 0.1) is 5.92 Å². The smallest absolute Gasteiger partial charge is 0.0278 e. The molecule has 1 aliphatic heterocycles. The van der Waals surface area contributed by atoms with Gasteiger partial charge in [-0.15, -0.1) is 0 Å². The van der Waals surface area contributed by atoms with E-state index < -0.39 is 0 Å². The maximum absolute atomic E-state index is 2.55. The second-order valence-electron chi connectivity index (χ2n) is 3.97. The topological polar surface area (TPSA) is 3.24 Å². The molecule has 1 aliphatic rings. The number of nitrogens with zero attached hydrogens (tertiary/aromatic N) is 1. The van der Waals surface area contributed by atoms with Crippen molar-refractivity contribution in [2.24, 2.45) is 5.92 Å². The van der Waals surface area contributed by atoms with E-state index in [1.165, 1.54) is 25.9 Å². The first-order chi connectivity index (χ1) is 5.74. The fraction of sp³-hybridized carbons (Fsp3) is 0.818. The molecular weight excluding hydrogens is 146 g/mol. The zero-order valence-corrected chi connectivity index (χ0v) is 8.59. The summed E-state index contributed by atoms with van der Waals surface area (Å²) in [5, 5.41) is 0. The van der Waals surface area contributed by atoms with Crippen molar-refractivity contribution in [2.45, 2.75) is 39.7 Å². The van der Waals surface area contributed by atoms with Gasteiger partial charge in [0.2, 0.25) is 0 Å². The minimum Gasteiger partial charge on any atom is -0.297 e. The molecule has 0 N–H and O–H groups in total. The van der Waals surface area contributed by atoms with Gasteiger partial charge in [-0.2, -0.15) is 0 Å². The van der Waals surface area contributed by atoms with Gasteiger partial charge in [0.15, 0.2) is 0 Å². The van der Waals surface area contributed by atoms with Gasteiger partial charge < -0.3 is 0 Å². The van der Waals surface area contributed by atoms with Gasteiger partial charge in [0.25, 0.3) is 0 Å². The maximum atomic E-state index is 2.55. The van der Waals surface area contributed by atoms with Gasteiger partial charge in [-0.25, -0.2) is 0 Å². The van der Waals surface area contributed by atoms with Crippen molar-refractivity contribution in [3.8, 4) is 0 Å². The van der Waals surface area contributed by atoms with Gasteiger partial charge >= 0.3 is 0 Å². The van der Waals surface area contributed by atoms with E-state index in [0.29, 0.717) is 5.92 Å². The van der Waals surface area contributed by atoms with Gasteiger partial charge in [0.05, 0.1) is 0 Å². The molecule has 0 spiro atoms. The van der Waals surface area contributed by atoms with Gasteiger partial charge in [-0.05, 0) is 31.8 Å². The summed E-state index contributed by atoms with van der Waals surface area (Å²) >= 11 is 0. The SMILES string of the molecule is CCN1CCCC1/C=C/C(C)C. The van der Waals surface area contributed by atoms with Crippen LogP contribution in [0.2, 0.25) is 0 Å². The number of rotatable bonds is 3. The van der Waals surface area contributed by atoms with Gasteiger partial charge in [0, 0.05) is 6.04 Å². The van der Waals surface area contributed by atoms with Crippen LogP contribution >= 0.6 is 0 Å². The van der Waals surface area contributed by atoms with Gasteiger partial charge in [-0.1, -0.05) is 32.9 Å². The average molecular weight is 167 g/mol. The number of hydrogen-bond donors (Lipinski definition) is 0. The third-order valence-corrected chi connectivity index (χ3v) is 2.54. The Morgan fingerprint density at radius 3 is 2.83 bits per heavy atom. The van der Waals surface area contributed by atoms with Crippen LogP contribution in [0.3, 0.4) is 0 Å². The molecule has 0 aliphatic carbocycles. The second kappa shape index (κ2) is 4.66. The summed E-state index contributed by atoms with van der Waals surface area (Å²) in [7, 11) is 0. The Bertz CT molecular complexity index is 149. The molecule has 1 unspecified atom stereocenters. The van der Waals surface area contributed by atoms with E-state index >= 15 is 0 Å². The minimum absolute atomic E-state index is 0.698. The summed E-state index contributed by atoms with van der Waals surface area (Å²) in [6.07, 6.45) is 7.46.